The van der Waals surface area contributed by atoms with E-state index < -0.39 is 18.6 Å². The molecule has 1 nitrogen and oxygen atoms in total. The van der Waals surface area contributed by atoms with Gasteiger partial charge in [-0.05, 0) is 6.92 Å². The number of halogens is 3. The van der Waals surface area contributed by atoms with Crippen molar-refractivity contribution < 1.29 is 13.2 Å². The van der Waals surface area contributed by atoms with Crippen molar-refractivity contribution in [2.45, 2.75) is 19.0 Å². The van der Waals surface area contributed by atoms with Crippen LogP contribution in [0.5, 0.6) is 0 Å². The third-order valence-corrected chi connectivity index (χ3v) is 0.854. The summed E-state index contributed by atoms with van der Waals surface area (Å²) in [5, 5.41) is 0. The first-order valence-electron chi connectivity index (χ1n) is 2.22. The lowest BCUT2D eigenvalue weighted by Gasteiger charge is -2.13. The number of nitrogens with two attached hydrogens (primary N) is 1. The lowest BCUT2D eigenvalue weighted by Crippen LogP contribution is -2.36. The Morgan fingerprint density at radius 3 is 2.00 bits per heavy atom. The van der Waals surface area contributed by atoms with Crippen LogP contribution in [0.1, 0.15) is 6.92 Å². The van der Waals surface area contributed by atoms with E-state index in [9.17, 15) is 13.2 Å². The summed E-state index contributed by atoms with van der Waals surface area (Å²) in [6, 6.07) is 0. The van der Waals surface area contributed by atoms with Gasteiger partial charge < -0.3 is 5.73 Å². The monoisotopic (exact) mass is 127 g/mol. The lowest BCUT2D eigenvalue weighted by atomic mass is 10.2. The van der Waals surface area contributed by atoms with Crippen LogP contribution in [0.2, 0.25) is 0 Å². The molecule has 0 fully saturated rings. The highest BCUT2D eigenvalue weighted by atomic mass is 19.3. The molecule has 0 heterocycles. The molecule has 0 saturated carbocycles. The van der Waals surface area contributed by atoms with Crippen LogP contribution in [-0.2, 0) is 0 Å². The largest absolute Gasteiger partial charge is 0.325 e. The van der Waals surface area contributed by atoms with Crippen molar-refractivity contribution in [2.24, 2.45) is 5.73 Å². The Morgan fingerprint density at radius 1 is 1.62 bits per heavy atom. The van der Waals surface area contributed by atoms with Crippen molar-refractivity contribution in [3.8, 4) is 0 Å². The second-order valence-electron chi connectivity index (χ2n) is 1.58. The Hall–Kier alpha value is -0.250. The Balaban J connectivity index is 3.71. The maximum Gasteiger partial charge on any atom is 0.290 e. The van der Waals surface area contributed by atoms with Crippen LogP contribution >= 0.6 is 0 Å². The molecule has 0 saturated heterocycles. The van der Waals surface area contributed by atoms with Crippen molar-refractivity contribution in [2.75, 3.05) is 6.54 Å². The molecule has 0 spiro atoms. The van der Waals surface area contributed by atoms with E-state index >= 15 is 0 Å². The minimum absolute atomic E-state index is 0.785. The standard InChI is InChI=1S/C4H8F3N/c1-3(5)4(6,7)2-8/h3H,2,8H2,1H3. The number of hydrogen-bond acceptors (Lipinski definition) is 1. The highest BCUT2D eigenvalue weighted by molar-refractivity contribution is 4.72. The number of rotatable bonds is 2. The molecule has 1 unspecified atom stereocenters. The van der Waals surface area contributed by atoms with Crippen molar-refractivity contribution in [1.29, 1.82) is 0 Å². The highest BCUT2D eigenvalue weighted by Gasteiger charge is 2.34. The van der Waals surface area contributed by atoms with Gasteiger partial charge in [-0.2, -0.15) is 0 Å². The van der Waals surface area contributed by atoms with Gasteiger partial charge in [0.05, 0.1) is 6.54 Å². The molecule has 8 heavy (non-hydrogen) atoms. The maximum atomic E-state index is 11.8. The van der Waals surface area contributed by atoms with E-state index in [1.54, 1.807) is 0 Å². The van der Waals surface area contributed by atoms with Gasteiger partial charge in [-0.1, -0.05) is 0 Å². The first-order chi connectivity index (χ1) is 3.50. The molecule has 0 bridgehead atoms. The van der Waals surface area contributed by atoms with Gasteiger partial charge in [0.1, 0.15) is 0 Å². The smallest absolute Gasteiger partial charge is 0.290 e. The summed E-state index contributed by atoms with van der Waals surface area (Å²) in [4.78, 5) is 0. The Labute approximate surface area is 45.7 Å². The Kier molecular flexibility index (Phi) is 2.27. The molecule has 0 aromatic carbocycles. The highest BCUT2D eigenvalue weighted by Crippen LogP contribution is 2.18. The van der Waals surface area contributed by atoms with Gasteiger partial charge in [0.25, 0.3) is 5.92 Å². The van der Waals surface area contributed by atoms with Crippen LogP contribution in [0.4, 0.5) is 13.2 Å². The summed E-state index contributed by atoms with van der Waals surface area (Å²) in [6.07, 6.45) is -2.15. The predicted octanol–water partition coefficient (Wildman–Crippen LogP) is 0.938. The number of hydrogen-bond donors (Lipinski definition) is 1. The lowest BCUT2D eigenvalue weighted by molar-refractivity contribution is -0.0556. The van der Waals surface area contributed by atoms with E-state index in [0.717, 1.165) is 6.92 Å². The summed E-state index contributed by atoms with van der Waals surface area (Å²) in [7, 11) is 0. The van der Waals surface area contributed by atoms with Gasteiger partial charge in [-0.25, -0.2) is 13.2 Å². The summed E-state index contributed by atoms with van der Waals surface area (Å²) >= 11 is 0. The molecule has 4 heteroatoms. The summed E-state index contributed by atoms with van der Waals surface area (Å²) in [5.41, 5.74) is 4.52. The van der Waals surface area contributed by atoms with Gasteiger partial charge >= 0.3 is 0 Å². The average molecular weight is 127 g/mol. The number of alkyl halides is 3. The normalized spacial score (nSPS) is 16.1. The molecule has 0 aromatic heterocycles. The van der Waals surface area contributed by atoms with Crippen LogP contribution in [0.3, 0.4) is 0 Å². The van der Waals surface area contributed by atoms with Crippen molar-refractivity contribution in [3.63, 3.8) is 0 Å². The van der Waals surface area contributed by atoms with Crippen LogP contribution in [-0.4, -0.2) is 18.6 Å². The van der Waals surface area contributed by atoms with Crippen LogP contribution in [0, 0.1) is 0 Å². The third kappa shape index (κ3) is 1.69. The minimum Gasteiger partial charge on any atom is -0.325 e. The zero-order chi connectivity index (χ0) is 6.78. The summed E-state index contributed by atoms with van der Waals surface area (Å²) < 4.78 is 35.2. The molecule has 0 aliphatic carbocycles. The van der Waals surface area contributed by atoms with E-state index in [1.165, 1.54) is 0 Å². The van der Waals surface area contributed by atoms with Gasteiger partial charge in [0, 0.05) is 0 Å². The van der Waals surface area contributed by atoms with E-state index in [1.807, 2.05) is 0 Å². The first-order valence-corrected chi connectivity index (χ1v) is 2.22. The van der Waals surface area contributed by atoms with Crippen molar-refractivity contribution in [3.05, 3.63) is 0 Å². The molecule has 0 aromatic rings. The fourth-order valence-electron chi connectivity index (χ4n) is 0.162. The molecule has 0 amide bonds. The van der Waals surface area contributed by atoms with E-state index in [4.69, 9.17) is 0 Å². The molecule has 0 aliphatic rings. The fourth-order valence-corrected chi connectivity index (χ4v) is 0.162. The van der Waals surface area contributed by atoms with Crippen LogP contribution in [0.25, 0.3) is 0 Å². The first kappa shape index (κ1) is 7.75. The van der Waals surface area contributed by atoms with E-state index in [-0.39, 0.29) is 0 Å². The second-order valence-corrected chi connectivity index (χ2v) is 1.58. The van der Waals surface area contributed by atoms with Gasteiger partial charge in [0.15, 0.2) is 6.17 Å². The molecule has 0 radical (unpaired) electrons. The van der Waals surface area contributed by atoms with Crippen LogP contribution < -0.4 is 5.73 Å². The molecule has 0 aliphatic heterocycles. The van der Waals surface area contributed by atoms with Crippen LogP contribution in [0.15, 0.2) is 0 Å². The average Bonchev–Trinajstić information content (AvgIpc) is 1.67. The molecule has 2 N–H and O–H groups in total. The van der Waals surface area contributed by atoms with E-state index in [2.05, 4.69) is 5.73 Å². The quantitative estimate of drug-likeness (QED) is 0.586. The van der Waals surface area contributed by atoms with Gasteiger partial charge in [0.2, 0.25) is 0 Å². The zero-order valence-corrected chi connectivity index (χ0v) is 4.50. The minimum atomic E-state index is -3.35. The van der Waals surface area contributed by atoms with Gasteiger partial charge in [-0.15, -0.1) is 0 Å². The van der Waals surface area contributed by atoms with E-state index in [0.29, 0.717) is 0 Å². The molecule has 0 rings (SSSR count). The van der Waals surface area contributed by atoms with Gasteiger partial charge in [-0.3, -0.25) is 0 Å². The van der Waals surface area contributed by atoms with Crippen molar-refractivity contribution >= 4 is 0 Å². The molecule has 50 valence electrons. The second kappa shape index (κ2) is 2.35. The predicted molar refractivity (Wildman–Crippen MR) is 24.6 cm³/mol. The molecular formula is C4H8F3N. The zero-order valence-electron chi connectivity index (χ0n) is 4.50. The Morgan fingerprint density at radius 2 is 2.00 bits per heavy atom. The Bertz CT molecular complexity index is 71.7. The fraction of sp³-hybridized carbons (Fsp3) is 1.00. The maximum absolute atomic E-state index is 11.8. The van der Waals surface area contributed by atoms with Crippen molar-refractivity contribution in [1.82, 2.24) is 0 Å². The summed E-state index contributed by atoms with van der Waals surface area (Å²) in [5.74, 6) is -3.35. The molecule has 1 atom stereocenters. The topological polar surface area (TPSA) is 26.0 Å². The third-order valence-electron chi connectivity index (χ3n) is 0.854. The molecular weight excluding hydrogens is 119 g/mol. The summed E-state index contributed by atoms with van der Waals surface area (Å²) in [6.45, 7) is -0.141. The SMILES string of the molecule is CC(F)C(F)(F)CN.